The minimum Gasteiger partial charge on any atom is -0.494 e. The van der Waals surface area contributed by atoms with Crippen LogP contribution in [-0.2, 0) is 6.61 Å². The van der Waals surface area contributed by atoms with Gasteiger partial charge in [-0.1, -0.05) is 6.07 Å². The topological polar surface area (TPSA) is 42.6 Å². The van der Waals surface area contributed by atoms with Crippen molar-refractivity contribution in [3.63, 3.8) is 0 Å². The number of benzene rings is 2. The largest absolute Gasteiger partial charge is 0.494 e. The summed E-state index contributed by atoms with van der Waals surface area (Å²) in [6.45, 7) is -0.440. The second kappa shape index (κ2) is 4.20. The lowest BCUT2D eigenvalue weighted by molar-refractivity contribution is 0.276. The van der Waals surface area contributed by atoms with Gasteiger partial charge >= 0.3 is 0 Å². The molecule has 0 bridgehead atoms. The fourth-order valence-electron chi connectivity index (χ4n) is 2.14. The fraction of sp³-hybridized carbons (Fsp3) is 0.143. The molecule has 1 aromatic heterocycles. The first-order valence-electron chi connectivity index (χ1n) is 5.64. The zero-order valence-electron chi connectivity index (χ0n) is 10.0. The maximum Gasteiger partial charge on any atom is 0.208 e. The molecule has 1 N–H and O–H groups in total. The molecule has 0 saturated carbocycles. The van der Waals surface area contributed by atoms with E-state index in [2.05, 4.69) is 0 Å². The van der Waals surface area contributed by atoms with Crippen molar-refractivity contribution in [2.45, 2.75) is 6.61 Å². The van der Waals surface area contributed by atoms with Crippen LogP contribution in [0.25, 0.3) is 21.9 Å². The maximum absolute atomic E-state index is 14.0. The van der Waals surface area contributed by atoms with E-state index in [4.69, 9.17) is 14.3 Å². The number of aliphatic hydroxyl groups is 1. The normalized spacial score (nSPS) is 11.4. The van der Waals surface area contributed by atoms with E-state index in [0.29, 0.717) is 10.8 Å². The van der Waals surface area contributed by atoms with Gasteiger partial charge in [-0.05, 0) is 18.2 Å². The number of halogens is 2. The SMILES string of the molecule is COc1ccc2c(oc3c(F)c(CO)ccc32)c1F. The number of methoxy groups -OCH3 is 1. The molecule has 0 amide bonds. The molecule has 0 unspecified atom stereocenters. The molecule has 3 rings (SSSR count). The summed E-state index contributed by atoms with van der Waals surface area (Å²) in [6, 6.07) is 6.13. The first kappa shape index (κ1) is 11.9. The van der Waals surface area contributed by atoms with E-state index in [1.165, 1.54) is 19.2 Å². The summed E-state index contributed by atoms with van der Waals surface area (Å²) in [5.41, 5.74) is -0.00373. The lowest BCUT2D eigenvalue weighted by atomic mass is 10.1. The van der Waals surface area contributed by atoms with Crippen molar-refractivity contribution >= 4 is 21.9 Å². The highest BCUT2D eigenvalue weighted by Crippen LogP contribution is 2.36. The van der Waals surface area contributed by atoms with Crippen molar-refractivity contribution in [3.8, 4) is 5.75 Å². The summed E-state index contributed by atoms with van der Waals surface area (Å²) in [5, 5.41) is 9.95. The molecular formula is C14H10F2O3. The third-order valence-corrected chi connectivity index (χ3v) is 3.12. The van der Waals surface area contributed by atoms with Gasteiger partial charge in [0, 0.05) is 16.3 Å². The first-order chi connectivity index (χ1) is 9.17. The Morgan fingerprint density at radius 2 is 1.68 bits per heavy atom. The van der Waals surface area contributed by atoms with Gasteiger partial charge in [-0.15, -0.1) is 0 Å². The average Bonchev–Trinajstić information content (AvgIpc) is 2.80. The first-order valence-corrected chi connectivity index (χ1v) is 5.64. The molecule has 0 aliphatic carbocycles. The Balaban J connectivity index is 2.44. The van der Waals surface area contributed by atoms with Gasteiger partial charge in [-0.3, -0.25) is 0 Å². The van der Waals surface area contributed by atoms with Crippen molar-refractivity contribution in [2.24, 2.45) is 0 Å². The monoisotopic (exact) mass is 264 g/mol. The predicted molar refractivity (Wildman–Crippen MR) is 66.1 cm³/mol. The summed E-state index contributed by atoms with van der Waals surface area (Å²) >= 11 is 0. The number of fused-ring (bicyclic) bond motifs is 3. The molecule has 3 aromatic rings. The molecule has 0 aliphatic rings. The third-order valence-electron chi connectivity index (χ3n) is 3.12. The standard InChI is InChI=1S/C14H10F2O3/c1-18-10-5-4-9-8-3-2-7(6-17)11(15)13(8)19-14(9)12(10)16/h2-5,17H,6H2,1H3. The molecule has 0 atom stereocenters. The highest BCUT2D eigenvalue weighted by molar-refractivity contribution is 6.05. The van der Waals surface area contributed by atoms with Crippen LogP contribution in [0.3, 0.4) is 0 Å². The molecule has 1 heterocycles. The Morgan fingerprint density at radius 3 is 2.32 bits per heavy atom. The number of hydrogen-bond donors (Lipinski definition) is 1. The molecule has 3 nitrogen and oxygen atoms in total. The number of hydrogen-bond acceptors (Lipinski definition) is 3. The molecule has 19 heavy (non-hydrogen) atoms. The summed E-state index contributed by atoms with van der Waals surface area (Å²) in [4.78, 5) is 0. The van der Waals surface area contributed by atoms with E-state index in [0.717, 1.165) is 0 Å². The summed E-state index contributed by atoms with van der Waals surface area (Å²) in [7, 11) is 1.34. The van der Waals surface area contributed by atoms with E-state index in [1.54, 1.807) is 12.1 Å². The van der Waals surface area contributed by atoms with Gasteiger partial charge in [0.1, 0.15) is 0 Å². The molecule has 2 aromatic carbocycles. The van der Waals surface area contributed by atoms with Crippen LogP contribution in [0.4, 0.5) is 8.78 Å². The van der Waals surface area contributed by atoms with Crippen LogP contribution in [0.15, 0.2) is 28.7 Å². The van der Waals surface area contributed by atoms with Gasteiger partial charge in [-0.25, -0.2) is 4.39 Å². The molecule has 0 spiro atoms. The van der Waals surface area contributed by atoms with E-state index in [9.17, 15) is 8.78 Å². The van der Waals surface area contributed by atoms with Gasteiger partial charge in [0.25, 0.3) is 0 Å². The fourth-order valence-corrected chi connectivity index (χ4v) is 2.14. The van der Waals surface area contributed by atoms with Crippen molar-refractivity contribution in [2.75, 3.05) is 7.11 Å². The van der Waals surface area contributed by atoms with E-state index in [1.807, 2.05) is 0 Å². The van der Waals surface area contributed by atoms with Crippen LogP contribution in [0.5, 0.6) is 5.75 Å². The quantitative estimate of drug-likeness (QED) is 0.771. The molecular weight excluding hydrogens is 254 g/mol. The van der Waals surface area contributed by atoms with Crippen LogP contribution in [0, 0.1) is 11.6 Å². The Morgan fingerprint density at radius 1 is 1.05 bits per heavy atom. The second-order valence-electron chi connectivity index (χ2n) is 4.13. The lowest BCUT2D eigenvalue weighted by Gasteiger charge is -2.00. The number of ether oxygens (including phenoxy) is 1. The third kappa shape index (κ3) is 1.58. The molecule has 98 valence electrons. The summed E-state index contributed by atoms with van der Waals surface area (Å²) < 4.78 is 38.2. The summed E-state index contributed by atoms with van der Waals surface area (Å²) in [5.74, 6) is -1.30. The minimum atomic E-state index is -0.672. The number of furan rings is 1. The Hall–Kier alpha value is -2.14. The molecule has 5 heteroatoms. The van der Waals surface area contributed by atoms with Crippen LogP contribution >= 0.6 is 0 Å². The summed E-state index contributed by atoms with van der Waals surface area (Å²) in [6.07, 6.45) is 0. The van der Waals surface area contributed by atoms with Crippen molar-refractivity contribution in [3.05, 3.63) is 41.5 Å². The predicted octanol–water partition coefficient (Wildman–Crippen LogP) is 3.37. The van der Waals surface area contributed by atoms with Crippen LogP contribution in [0.2, 0.25) is 0 Å². The van der Waals surface area contributed by atoms with Gasteiger partial charge < -0.3 is 14.3 Å². The van der Waals surface area contributed by atoms with E-state index >= 15 is 0 Å². The van der Waals surface area contributed by atoms with E-state index < -0.39 is 18.2 Å². The van der Waals surface area contributed by atoms with Crippen LogP contribution in [-0.4, -0.2) is 12.2 Å². The highest BCUT2D eigenvalue weighted by atomic mass is 19.1. The molecule has 0 saturated heterocycles. The lowest BCUT2D eigenvalue weighted by Crippen LogP contribution is -1.88. The van der Waals surface area contributed by atoms with Gasteiger partial charge in [0.2, 0.25) is 5.82 Å². The Labute approximate surface area is 107 Å². The molecule has 0 fully saturated rings. The van der Waals surface area contributed by atoms with Crippen molar-refractivity contribution in [1.82, 2.24) is 0 Å². The average molecular weight is 264 g/mol. The number of rotatable bonds is 2. The van der Waals surface area contributed by atoms with Crippen LogP contribution in [0.1, 0.15) is 5.56 Å². The van der Waals surface area contributed by atoms with Gasteiger partial charge in [-0.2, -0.15) is 4.39 Å². The molecule has 0 aliphatic heterocycles. The van der Waals surface area contributed by atoms with Crippen molar-refractivity contribution in [1.29, 1.82) is 0 Å². The zero-order valence-corrected chi connectivity index (χ0v) is 10.0. The second-order valence-corrected chi connectivity index (χ2v) is 4.13. The van der Waals surface area contributed by atoms with Gasteiger partial charge in [0.05, 0.1) is 13.7 Å². The Bertz CT molecular complexity index is 713. The van der Waals surface area contributed by atoms with E-state index in [-0.39, 0.29) is 22.5 Å². The smallest absolute Gasteiger partial charge is 0.208 e. The van der Waals surface area contributed by atoms with Gasteiger partial charge in [0.15, 0.2) is 22.7 Å². The Kier molecular flexibility index (Phi) is 2.64. The van der Waals surface area contributed by atoms with Crippen molar-refractivity contribution < 1.29 is 23.0 Å². The zero-order chi connectivity index (χ0) is 13.6. The number of aliphatic hydroxyl groups excluding tert-OH is 1. The highest BCUT2D eigenvalue weighted by Gasteiger charge is 2.18. The maximum atomic E-state index is 14.0. The molecule has 0 radical (unpaired) electrons. The minimum absolute atomic E-state index is 0.0364. The van der Waals surface area contributed by atoms with Crippen LogP contribution < -0.4 is 4.74 Å².